The predicted octanol–water partition coefficient (Wildman–Crippen LogP) is 24.3. The van der Waals surface area contributed by atoms with Gasteiger partial charge in [0.2, 0.25) is 23.6 Å². The minimum atomic E-state index is -3.75. The zero-order valence-electron chi connectivity index (χ0n) is 74.7. The summed E-state index contributed by atoms with van der Waals surface area (Å²) in [5.41, 5.74) is 0. The molecule has 4 N–H and O–H groups in total. The third-order valence-electron chi connectivity index (χ3n) is 20.9. The van der Waals surface area contributed by atoms with Crippen LogP contribution in [0, 0.1) is 5.92 Å². The lowest BCUT2D eigenvalue weighted by Gasteiger charge is -2.23. The maximum absolute atomic E-state index is 13.9. The average Bonchev–Trinajstić information content (AvgIpc) is 0.894. The molecular weight excluding hydrogens is 1480 g/mol. The van der Waals surface area contributed by atoms with Crippen LogP contribution in [0.5, 0.6) is 0 Å². The van der Waals surface area contributed by atoms with Gasteiger partial charge in [-0.1, -0.05) is 310 Å². The molecule has 20 nitrogen and oxygen atoms in total. The molecule has 0 saturated heterocycles. The van der Waals surface area contributed by atoms with Crippen LogP contribution in [0.3, 0.4) is 0 Å². The number of amides is 4. The van der Waals surface area contributed by atoms with Crippen LogP contribution in [0.1, 0.15) is 421 Å². The van der Waals surface area contributed by atoms with Crippen LogP contribution >= 0.6 is 15.2 Å². The van der Waals surface area contributed by atoms with Crippen LogP contribution in [0.15, 0.2) is 24.3 Å². The fourth-order valence-corrected chi connectivity index (χ4v) is 15.6. The molecule has 0 bridgehead atoms. The number of nitrogens with one attached hydrogen (secondary N) is 4. The van der Waals surface area contributed by atoms with Gasteiger partial charge < -0.3 is 58.3 Å². The molecule has 0 fully saturated rings. The van der Waals surface area contributed by atoms with Gasteiger partial charge in [0.1, 0.15) is 18.1 Å². The SMILES string of the molecule is CCCCCC/C=C\CCCC(=O)OC(CCCCCCC)CCOCC(COP(C)(=O)OCCNC(=O)C(CCCCC)C(=O)NCCOP(C)(=O)OCC(COCCC(CCCCCCC)OC(=O)CCC/C=C\CCCCCC)NC(=O)CCCCCCCCCCCCC)NC(=O)CCCCCCCCCCCCC. The van der Waals surface area contributed by atoms with Crippen molar-refractivity contribution in [3.05, 3.63) is 24.3 Å². The summed E-state index contributed by atoms with van der Waals surface area (Å²) < 4.78 is 75.5. The first kappa shape index (κ1) is 111. The van der Waals surface area contributed by atoms with E-state index in [2.05, 4.69) is 87.1 Å². The van der Waals surface area contributed by atoms with E-state index in [-0.39, 0.29) is 108 Å². The molecule has 0 aromatic rings. The number of carbonyl (C=O) groups is 6. The highest BCUT2D eigenvalue weighted by molar-refractivity contribution is 7.53. The van der Waals surface area contributed by atoms with E-state index >= 15 is 0 Å². The molecule has 6 atom stereocenters. The predicted molar refractivity (Wildman–Crippen MR) is 471 cm³/mol. The first-order valence-corrected chi connectivity index (χ1v) is 51.1. The molecule has 0 saturated carbocycles. The van der Waals surface area contributed by atoms with Crippen molar-refractivity contribution < 1.29 is 74.9 Å². The van der Waals surface area contributed by atoms with Crippen molar-refractivity contribution in [2.24, 2.45) is 5.92 Å². The molecule has 6 unspecified atom stereocenters. The highest BCUT2D eigenvalue weighted by Crippen LogP contribution is 2.44. The Kier molecular flexibility index (Phi) is 79.4. The van der Waals surface area contributed by atoms with E-state index in [1.165, 1.54) is 167 Å². The lowest BCUT2D eigenvalue weighted by Crippen LogP contribution is -2.43. The molecule has 4 amide bonds. The van der Waals surface area contributed by atoms with Crippen molar-refractivity contribution >= 4 is 50.8 Å². The second-order valence-electron chi connectivity index (χ2n) is 32.3. The molecule has 0 aliphatic carbocycles. The van der Waals surface area contributed by atoms with Gasteiger partial charge in [0.25, 0.3) is 0 Å². The molecule has 114 heavy (non-hydrogen) atoms. The number of hydrogen-bond acceptors (Lipinski definition) is 16. The second-order valence-corrected chi connectivity index (χ2v) is 36.4. The molecule has 670 valence electrons. The monoisotopic (exact) mass is 1660 g/mol. The van der Waals surface area contributed by atoms with Gasteiger partial charge in [-0.25, -0.2) is 0 Å². The first-order valence-electron chi connectivity index (χ1n) is 47.1. The first-order chi connectivity index (χ1) is 55.4. The lowest BCUT2D eigenvalue weighted by molar-refractivity contribution is -0.151. The fraction of sp³-hybridized carbons (Fsp3) is 0.891. The Bertz CT molecular complexity index is 2270. The summed E-state index contributed by atoms with van der Waals surface area (Å²) >= 11 is 0. The van der Waals surface area contributed by atoms with Crippen LogP contribution in [0.2, 0.25) is 0 Å². The summed E-state index contributed by atoms with van der Waals surface area (Å²) in [5, 5.41) is 11.7. The number of ether oxygens (including phenoxy) is 4. The Morgan fingerprint density at radius 2 is 0.579 bits per heavy atom. The minimum absolute atomic E-state index is 0.0694. The van der Waals surface area contributed by atoms with Crippen LogP contribution < -0.4 is 21.3 Å². The molecule has 0 aromatic heterocycles. The van der Waals surface area contributed by atoms with Crippen molar-refractivity contribution in [2.75, 3.05) is 79.3 Å². The van der Waals surface area contributed by atoms with E-state index in [0.29, 0.717) is 44.9 Å². The molecule has 0 aliphatic rings. The van der Waals surface area contributed by atoms with Crippen LogP contribution in [-0.4, -0.2) is 139 Å². The normalized spacial score (nSPS) is 14.1. The van der Waals surface area contributed by atoms with Crippen molar-refractivity contribution in [3.8, 4) is 0 Å². The Morgan fingerprint density at radius 3 is 0.912 bits per heavy atom. The summed E-state index contributed by atoms with van der Waals surface area (Å²) in [5.74, 6) is -2.84. The highest BCUT2D eigenvalue weighted by atomic mass is 31.2. The molecule has 0 heterocycles. The smallest absolute Gasteiger partial charge is 0.327 e. The Balaban J connectivity index is 5.90. The van der Waals surface area contributed by atoms with Crippen molar-refractivity contribution in [1.29, 1.82) is 0 Å². The van der Waals surface area contributed by atoms with Gasteiger partial charge >= 0.3 is 27.1 Å². The van der Waals surface area contributed by atoms with Gasteiger partial charge in [-0.15, -0.1) is 0 Å². The van der Waals surface area contributed by atoms with E-state index < -0.39 is 45.0 Å². The maximum Gasteiger partial charge on any atom is 0.327 e. The number of rotatable bonds is 88. The fourth-order valence-electron chi connectivity index (χ4n) is 13.7. The number of esters is 2. The quantitative estimate of drug-likeness (QED) is 0.0145. The van der Waals surface area contributed by atoms with Crippen molar-refractivity contribution in [3.63, 3.8) is 0 Å². The van der Waals surface area contributed by atoms with Gasteiger partial charge in [0.15, 0.2) is 0 Å². The molecular formula is C92H176N4O16P2. The summed E-state index contributed by atoms with van der Waals surface area (Å²) in [6.45, 7) is 17.8. The van der Waals surface area contributed by atoms with Crippen LogP contribution in [0.25, 0.3) is 0 Å². The van der Waals surface area contributed by atoms with Gasteiger partial charge in [-0.05, 0) is 96.3 Å². The number of carbonyl (C=O) groups excluding carboxylic acids is 6. The largest absolute Gasteiger partial charge is 0.462 e. The average molecular weight is 1660 g/mol. The molecule has 22 heteroatoms. The van der Waals surface area contributed by atoms with Gasteiger partial charge in [0, 0.05) is 64.9 Å². The van der Waals surface area contributed by atoms with E-state index in [0.717, 1.165) is 167 Å². The Morgan fingerprint density at radius 1 is 0.298 bits per heavy atom. The van der Waals surface area contributed by atoms with Crippen LogP contribution in [-0.2, 0) is 74.9 Å². The van der Waals surface area contributed by atoms with Gasteiger partial charge in [-0.3, -0.25) is 37.9 Å². The Hall–Kier alpha value is -3.48. The zero-order chi connectivity index (χ0) is 83.7. The third-order valence-corrected chi connectivity index (χ3v) is 23.4. The zero-order valence-corrected chi connectivity index (χ0v) is 76.5. The maximum atomic E-state index is 13.9. The van der Waals surface area contributed by atoms with E-state index in [4.69, 9.17) is 37.0 Å². The summed E-state index contributed by atoms with van der Waals surface area (Å²) in [4.78, 5) is 80.7. The Labute approximate surface area is 698 Å². The van der Waals surface area contributed by atoms with Crippen LogP contribution in [0.4, 0.5) is 0 Å². The lowest BCUT2D eigenvalue weighted by atomic mass is 9.99. The van der Waals surface area contributed by atoms with E-state index in [1.54, 1.807) is 0 Å². The van der Waals surface area contributed by atoms with Crippen molar-refractivity contribution in [2.45, 2.75) is 445 Å². The molecule has 0 aromatic carbocycles. The minimum Gasteiger partial charge on any atom is -0.462 e. The standard InChI is InChI=1S/C92H176N4O16P2/c1-10-17-24-30-34-38-40-44-46-52-59-66-87(97)95-82(78-105-74-70-84(63-57-50-28-21-14-5)111-89(99)68-61-54-48-42-36-32-26-19-12-3)80-109-113(8,103)107-76-72-93-91(101)86(65-56-23-16-7)92(102)94-73-77-108-114(9,104)110-81-83(96-88(98)67-60-53-47-45-41-39-35-31-25-18-11-2)79-106-75-71-85(64-58-51-29-22-15-6)112-90(100)69-62-55-49-43-37-33-27-20-13-4/h42-43,48-49,82-86H,10-41,44-47,50-81H2,1-9H3,(H,93,101)(H,94,102)(H,95,97)(H,96,98)/b48-42-,49-43-. The van der Waals surface area contributed by atoms with E-state index in [9.17, 15) is 37.9 Å². The van der Waals surface area contributed by atoms with Crippen molar-refractivity contribution in [1.82, 2.24) is 21.3 Å². The number of hydrogen-bond donors (Lipinski definition) is 4. The summed E-state index contributed by atoms with van der Waals surface area (Å²) in [7, 11) is -7.50. The molecule has 0 aliphatic heterocycles. The topological polar surface area (TPSA) is 259 Å². The summed E-state index contributed by atoms with van der Waals surface area (Å²) in [6.07, 6.45) is 66.3. The molecule has 0 rings (SSSR count). The second kappa shape index (κ2) is 81.9. The molecule has 0 spiro atoms. The number of unbranched alkanes of at least 4 members (excludes halogenated alkanes) is 40. The summed E-state index contributed by atoms with van der Waals surface area (Å²) in [6, 6.07) is -1.32. The number of allylic oxidation sites excluding steroid dienone is 4. The van der Waals surface area contributed by atoms with Gasteiger partial charge in [-0.2, -0.15) is 0 Å². The van der Waals surface area contributed by atoms with Gasteiger partial charge in [0.05, 0.1) is 64.9 Å². The third kappa shape index (κ3) is 74.8. The molecule has 0 radical (unpaired) electrons. The highest BCUT2D eigenvalue weighted by Gasteiger charge is 2.29. The van der Waals surface area contributed by atoms with E-state index in [1.807, 2.05) is 6.92 Å².